The number of rotatable bonds is 6. The molecule has 0 fully saturated rings. The Bertz CT molecular complexity index is 568. The van der Waals surface area contributed by atoms with Gasteiger partial charge in [-0.2, -0.15) is 5.10 Å². The molecular formula is C14H19ClN4O. The van der Waals surface area contributed by atoms with Crippen molar-refractivity contribution in [1.82, 2.24) is 14.8 Å². The van der Waals surface area contributed by atoms with Crippen LogP contribution in [0, 0.1) is 0 Å². The van der Waals surface area contributed by atoms with Crippen LogP contribution in [-0.4, -0.2) is 21.3 Å². The van der Waals surface area contributed by atoms with Gasteiger partial charge >= 0.3 is 0 Å². The summed E-state index contributed by atoms with van der Waals surface area (Å²) in [4.78, 5) is 4.22. The highest BCUT2D eigenvalue weighted by molar-refractivity contribution is 6.32. The van der Waals surface area contributed by atoms with Gasteiger partial charge in [0.25, 0.3) is 0 Å². The summed E-state index contributed by atoms with van der Waals surface area (Å²) in [6, 6.07) is 5.92. The average molecular weight is 295 g/mol. The lowest BCUT2D eigenvalue weighted by Crippen LogP contribution is -2.12. The van der Waals surface area contributed by atoms with Crippen molar-refractivity contribution >= 4 is 11.6 Å². The maximum absolute atomic E-state index is 6.20. The molecule has 20 heavy (non-hydrogen) atoms. The minimum atomic E-state index is 0.242. The Kier molecular flexibility index (Phi) is 4.98. The minimum Gasteiger partial charge on any atom is -0.484 e. The molecule has 108 valence electrons. The molecule has 0 bridgehead atoms. The normalized spacial score (nSPS) is 11.1. The molecule has 2 aromatic rings. The maximum atomic E-state index is 6.20. The number of nitrogens with zero attached hydrogens (tertiary/aromatic N) is 3. The predicted molar refractivity (Wildman–Crippen MR) is 78.9 cm³/mol. The van der Waals surface area contributed by atoms with Gasteiger partial charge in [0.2, 0.25) is 0 Å². The van der Waals surface area contributed by atoms with Crippen molar-refractivity contribution in [3.63, 3.8) is 0 Å². The van der Waals surface area contributed by atoms with Crippen molar-refractivity contribution in [2.24, 2.45) is 5.73 Å². The van der Waals surface area contributed by atoms with E-state index in [4.69, 9.17) is 22.1 Å². The third kappa shape index (κ3) is 3.29. The van der Waals surface area contributed by atoms with Crippen LogP contribution < -0.4 is 10.5 Å². The van der Waals surface area contributed by atoms with Gasteiger partial charge in [-0.25, -0.2) is 9.67 Å². The molecule has 6 heteroatoms. The molecule has 0 aliphatic heterocycles. The van der Waals surface area contributed by atoms with Gasteiger partial charge in [-0.3, -0.25) is 0 Å². The van der Waals surface area contributed by atoms with E-state index in [-0.39, 0.29) is 6.04 Å². The third-order valence-electron chi connectivity index (χ3n) is 2.94. The minimum absolute atomic E-state index is 0.242. The molecule has 0 aliphatic rings. The van der Waals surface area contributed by atoms with Crippen LogP contribution in [0.4, 0.5) is 0 Å². The number of benzene rings is 1. The maximum Gasteiger partial charge on any atom is 0.165 e. The zero-order chi connectivity index (χ0) is 14.5. The number of hydrogen-bond donors (Lipinski definition) is 1. The van der Waals surface area contributed by atoms with Crippen molar-refractivity contribution < 1.29 is 4.74 Å². The first-order chi connectivity index (χ1) is 9.63. The number of nitrogens with two attached hydrogens (primary N) is 1. The van der Waals surface area contributed by atoms with Crippen molar-refractivity contribution in [2.75, 3.05) is 6.54 Å². The van der Waals surface area contributed by atoms with Crippen LogP contribution in [0.1, 0.15) is 31.3 Å². The number of halogens is 1. The van der Waals surface area contributed by atoms with Crippen LogP contribution in [0.15, 0.2) is 24.5 Å². The molecule has 0 saturated carbocycles. The Morgan fingerprint density at radius 2 is 2.20 bits per heavy atom. The summed E-state index contributed by atoms with van der Waals surface area (Å²) in [7, 11) is 0. The summed E-state index contributed by atoms with van der Waals surface area (Å²) in [6.07, 6.45) is 2.26. The Hall–Kier alpha value is -1.59. The molecule has 0 atom stereocenters. The van der Waals surface area contributed by atoms with Crippen molar-refractivity contribution in [1.29, 1.82) is 0 Å². The fourth-order valence-electron chi connectivity index (χ4n) is 2.01. The second-order valence-electron chi connectivity index (χ2n) is 4.77. The van der Waals surface area contributed by atoms with E-state index < -0.39 is 0 Å². The van der Waals surface area contributed by atoms with E-state index in [1.807, 2.05) is 36.7 Å². The Labute approximate surface area is 123 Å². The van der Waals surface area contributed by atoms with E-state index >= 15 is 0 Å². The molecule has 0 radical (unpaired) electrons. The summed E-state index contributed by atoms with van der Waals surface area (Å²) >= 11 is 6.20. The predicted octanol–water partition coefficient (Wildman–Crippen LogP) is 2.59. The lowest BCUT2D eigenvalue weighted by atomic mass is 10.1. The largest absolute Gasteiger partial charge is 0.484 e. The molecule has 2 rings (SSSR count). The summed E-state index contributed by atoms with van der Waals surface area (Å²) < 4.78 is 7.68. The molecule has 1 heterocycles. The lowest BCUT2D eigenvalue weighted by Gasteiger charge is -2.14. The Balaban J connectivity index is 2.16. The fourth-order valence-corrected chi connectivity index (χ4v) is 2.26. The average Bonchev–Trinajstić information content (AvgIpc) is 2.87. The van der Waals surface area contributed by atoms with Crippen LogP contribution in [-0.2, 0) is 13.0 Å². The molecule has 0 aliphatic carbocycles. The van der Waals surface area contributed by atoms with Gasteiger partial charge in [0.15, 0.2) is 5.82 Å². The number of aromatic nitrogens is 3. The van der Waals surface area contributed by atoms with Gasteiger partial charge in [-0.15, -0.1) is 0 Å². The quantitative estimate of drug-likeness (QED) is 0.889. The van der Waals surface area contributed by atoms with Gasteiger partial charge in [0, 0.05) is 6.04 Å². The molecule has 5 nitrogen and oxygen atoms in total. The van der Waals surface area contributed by atoms with E-state index in [0.717, 1.165) is 17.8 Å². The van der Waals surface area contributed by atoms with Crippen LogP contribution in [0.25, 0.3) is 0 Å². The van der Waals surface area contributed by atoms with Gasteiger partial charge in [0.05, 0.1) is 5.02 Å². The second kappa shape index (κ2) is 6.72. The van der Waals surface area contributed by atoms with Gasteiger partial charge < -0.3 is 10.5 Å². The molecule has 0 spiro atoms. The zero-order valence-electron chi connectivity index (χ0n) is 11.7. The molecule has 0 saturated heterocycles. The molecule has 0 unspecified atom stereocenters. The van der Waals surface area contributed by atoms with E-state index in [1.165, 1.54) is 6.33 Å². The van der Waals surface area contributed by atoms with E-state index in [1.54, 1.807) is 0 Å². The molecule has 1 aromatic heterocycles. The lowest BCUT2D eigenvalue weighted by molar-refractivity contribution is 0.280. The van der Waals surface area contributed by atoms with E-state index in [0.29, 0.717) is 23.9 Å². The molecule has 0 amide bonds. The van der Waals surface area contributed by atoms with Gasteiger partial charge in [0.1, 0.15) is 18.7 Å². The second-order valence-corrected chi connectivity index (χ2v) is 5.18. The third-order valence-corrected chi connectivity index (χ3v) is 3.24. The smallest absolute Gasteiger partial charge is 0.165 e. The highest BCUT2D eigenvalue weighted by atomic mass is 35.5. The van der Waals surface area contributed by atoms with Gasteiger partial charge in [-0.1, -0.05) is 23.7 Å². The summed E-state index contributed by atoms with van der Waals surface area (Å²) in [5.74, 6) is 1.46. The first kappa shape index (κ1) is 14.8. The highest BCUT2D eigenvalue weighted by Crippen LogP contribution is 2.29. The first-order valence-corrected chi connectivity index (χ1v) is 7.00. The van der Waals surface area contributed by atoms with Crippen LogP contribution in [0.3, 0.4) is 0 Å². The molecule has 1 aromatic carbocycles. The topological polar surface area (TPSA) is 66.0 Å². The molecular weight excluding hydrogens is 276 g/mol. The summed E-state index contributed by atoms with van der Waals surface area (Å²) in [6.45, 7) is 4.99. The van der Waals surface area contributed by atoms with Crippen molar-refractivity contribution in [2.45, 2.75) is 32.9 Å². The van der Waals surface area contributed by atoms with E-state index in [2.05, 4.69) is 10.1 Å². The van der Waals surface area contributed by atoms with Crippen molar-refractivity contribution in [3.05, 3.63) is 40.9 Å². The SMILES string of the molecule is CC(C)n1ncnc1COc1c(Cl)cccc1CCN. The summed E-state index contributed by atoms with van der Waals surface area (Å²) in [5.41, 5.74) is 6.62. The Morgan fingerprint density at radius 3 is 2.90 bits per heavy atom. The van der Waals surface area contributed by atoms with Crippen molar-refractivity contribution in [3.8, 4) is 5.75 Å². The van der Waals surface area contributed by atoms with Crippen LogP contribution >= 0.6 is 11.6 Å². The molecule has 2 N–H and O–H groups in total. The fraction of sp³-hybridized carbons (Fsp3) is 0.429. The van der Waals surface area contributed by atoms with Crippen LogP contribution in [0.2, 0.25) is 5.02 Å². The van der Waals surface area contributed by atoms with Crippen LogP contribution in [0.5, 0.6) is 5.75 Å². The monoisotopic (exact) mass is 294 g/mol. The highest BCUT2D eigenvalue weighted by Gasteiger charge is 2.12. The number of para-hydroxylation sites is 1. The number of ether oxygens (including phenoxy) is 1. The standard InChI is InChI=1S/C14H19ClN4O/c1-10(2)19-13(17-9-18-19)8-20-14-11(6-7-16)4-3-5-12(14)15/h3-5,9-10H,6-8,16H2,1-2H3. The summed E-state index contributed by atoms with van der Waals surface area (Å²) in [5, 5.41) is 4.77. The Morgan fingerprint density at radius 1 is 1.40 bits per heavy atom. The van der Waals surface area contributed by atoms with E-state index in [9.17, 15) is 0 Å². The number of hydrogen-bond acceptors (Lipinski definition) is 4. The zero-order valence-corrected chi connectivity index (χ0v) is 12.5. The van der Waals surface area contributed by atoms with Gasteiger partial charge in [-0.05, 0) is 38.4 Å². The first-order valence-electron chi connectivity index (χ1n) is 6.62.